The van der Waals surface area contributed by atoms with Crippen molar-refractivity contribution in [3.63, 3.8) is 0 Å². The summed E-state index contributed by atoms with van der Waals surface area (Å²) in [4.78, 5) is 0. The minimum absolute atomic E-state index is 0.0878. The van der Waals surface area contributed by atoms with Crippen molar-refractivity contribution in [3.05, 3.63) is 0 Å². The van der Waals surface area contributed by atoms with E-state index in [2.05, 4.69) is 40.8 Å². The molecule has 23 heavy (non-hydrogen) atoms. The van der Waals surface area contributed by atoms with Crippen LogP contribution < -0.4 is 0 Å². The standard InChI is InChI=1S/C18H36O4Si/c1-12(16-11-21-16)17(19)13-8-9-14(15(10-13)20-5)22-23(6,7)18(2,3)4/h12-17,19H,8-11H2,1-7H3/t12-,13+,14+,15+,16-,17-/m0/s1. The second kappa shape index (κ2) is 7.12. The highest BCUT2D eigenvalue weighted by atomic mass is 28.4. The minimum atomic E-state index is -1.79. The van der Waals surface area contributed by atoms with Crippen molar-refractivity contribution in [2.24, 2.45) is 11.8 Å². The second-order valence-electron chi connectivity index (χ2n) is 8.99. The van der Waals surface area contributed by atoms with Crippen molar-refractivity contribution in [3.8, 4) is 0 Å². The van der Waals surface area contributed by atoms with Gasteiger partial charge in [-0.25, -0.2) is 0 Å². The number of rotatable bonds is 6. The summed E-state index contributed by atoms with van der Waals surface area (Å²) < 4.78 is 17.7. The molecule has 1 aliphatic heterocycles. The van der Waals surface area contributed by atoms with Crippen molar-refractivity contribution >= 4 is 8.32 Å². The lowest BCUT2D eigenvalue weighted by Crippen LogP contribution is -2.50. The molecule has 6 atom stereocenters. The molecule has 0 bridgehead atoms. The Morgan fingerprint density at radius 1 is 1.17 bits per heavy atom. The first kappa shape index (κ1) is 19.4. The van der Waals surface area contributed by atoms with Crippen LogP contribution in [0.2, 0.25) is 18.1 Å². The highest BCUT2D eigenvalue weighted by Gasteiger charge is 2.45. The minimum Gasteiger partial charge on any atom is -0.411 e. The molecule has 2 rings (SSSR count). The van der Waals surface area contributed by atoms with E-state index in [0.29, 0.717) is 5.92 Å². The predicted molar refractivity (Wildman–Crippen MR) is 95.1 cm³/mol. The Hall–Kier alpha value is 0.0569. The van der Waals surface area contributed by atoms with Crippen molar-refractivity contribution < 1.29 is 19.0 Å². The molecule has 0 aromatic heterocycles. The van der Waals surface area contributed by atoms with Crippen LogP contribution >= 0.6 is 0 Å². The molecule has 0 aromatic rings. The molecular weight excluding hydrogens is 308 g/mol. The number of epoxide rings is 1. The topological polar surface area (TPSA) is 51.2 Å². The van der Waals surface area contributed by atoms with Gasteiger partial charge in [0.25, 0.3) is 0 Å². The number of methoxy groups -OCH3 is 1. The summed E-state index contributed by atoms with van der Waals surface area (Å²) in [5.41, 5.74) is 0. The Morgan fingerprint density at radius 3 is 2.26 bits per heavy atom. The van der Waals surface area contributed by atoms with Crippen molar-refractivity contribution in [1.29, 1.82) is 0 Å². The normalized spacial score (nSPS) is 35.0. The number of ether oxygens (including phenoxy) is 2. The lowest BCUT2D eigenvalue weighted by Gasteiger charge is -2.44. The van der Waals surface area contributed by atoms with Crippen molar-refractivity contribution in [1.82, 2.24) is 0 Å². The summed E-state index contributed by atoms with van der Waals surface area (Å²) in [5.74, 6) is 0.508. The summed E-state index contributed by atoms with van der Waals surface area (Å²) in [5, 5.41) is 10.9. The third kappa shape index (κ3) is 4.57. The molecule has 2 aliphatic rings. The predicted octanol–water partition coefficient (Wildman–Crippen LogP) is 3.59. The maximum absolute atomic E-state index is 10.6. The van der Waals surface area contributed by atoms with Crippen molar-refractivity contribution in [2.75, 3.05) is 13.7 Å². The van der Waals surface area contributed by atoms with E-state index in [-0.39, 0.29) is 35.4 Å². The summed E-state index contributed by atoms with van der Waals surface area (Å²) in [6.07, 6.45) is 3.08. The SMILES string of the molecule is CO[C@@H]1C[C@H]([C@@H](O)[C@@H](C)[C@@H]2CO2)CC[C@H]1O[Si](C)(C)C(C)(C)C. The highest BCUT2D eigenvalue weighted by molar-refractivity contribution is 6.74. The van der Waals surface area contributed by atoms with Gasteiger partial charge in [0.15, 0.2) is 8.32 Å². The van der Waals surface area contributed by atoms with E-state index in [9.17, 15) is 5.11 Å². The van der Waals surface area contributed by atoms with Gasteiger partial charge in [0.05, 0.1) is 31.0 Å². The molecule has 0 unspecified atom stereocenters. The Balaban J connectivity index is 1.96. The van der Waals surface area contributed by atoms with Crippen LogP contribution in [0.3, 0.4) is 0 Å². The Kier molecular flexibility index (Phi) is 6.00. The first-order chi connectivity index (χ1) is 10.6. The summed E-state index contributed by atoms with van der Waals surface area (Å²) >= 11 is 0. The molecule has 0 spiro atoms. The smallest absolute Gasteiger partial charge is 0.192 e. The number of hydrogen-bond acceptors (Lipinski definition) is 4. The van der Waals surface area contributed by atoms with Gasteiger partial charge < -0.3 is 19.0 Å². The van der Waals surface area contributed by atoms with Gasteiger partial charge in [-0.3, -0.25) is 0 Å². The van der Waals surface area contributed by atoms with Gasteiger partial charge in [-0.15, -0.1) is 0 Å². The number of hydrogen-bond donors (Lipinski definition) is 1. The van der Waals surface area contributed by atoms with E-state index in [0.717, 1.165) is 25.9 Å². The largest absolute Gasteiger partial charge is 0.411 e. The fraction of sp³-hybridized carbons (Fsp3) is 1.00. The number of aliphatic hydroxyl groups excluding tert-OH is 1. The van der Waals surface area contributed by atoms with Crippen LogP contribution in [0.25, 0.3) is 0 Å². The Bertz CT molecular complexity index is 389. The maximum Gasteiger partial charge on any atom is 0.192 e. The molecular formula is C18H36O4Si. The fourth-order valence-corrected chi connectivity index (χ4v) is 4.77. The van der Waals surface area contributed by atoms with Gasteiger partial charge >= 0.3 is 0 Å². The van der Waals surface area contributed by atoms with Gasteiger partial charge in [-0.2, -0.15) is 0 Å². The molecule has 136 valence electrons. The van der Waals surface area contributed by atoms with Crippen LogP contribution in [0.4, 0.5) is 0 Å². The molecule has 4 nitrogen and oxygen atoms in total. The van der Waals surface area contributed by atoms with E-state index >= 15 is 0 Å². The van der Waals surface area contributed by atoms with Gasteiger partial charge in [0.2, 0.25) is 0 Å². The Morgan fingerprint density at radius 2 is 1.78 bits per heavy atom. The molecule has 2 fully saturated rings. The summed E-state index contributed by atoms with van der Waals surface area (Å²) in [6.45, 7) is 14.3. The average Bonchev–Trinajstić information content (AvgIpc) is 3.29. The van der Waals surface area contributed by atoms with Crippen LogP contribution in [0.1, 0.15) is 47.0 Å². The van der Waals surface area contributed by atoms with E-state index in [1.54, 1.807) is 7.11 Å². The molecule has 0 radical (unpaired) electrons. The fourth-order valence-electron chi connectivity index (χ4n) is 3.39. The van der Waals surface area contributed by atoms with Crippen LogP contribution in [0.15, 0.2) is 0 Å². The third-order valence-corrected chi connectivity index (χ3v) is 10.8. The van der Waals surface area contributed by atoms with Crippen LogP contribution in [-0.2, 0) is 13.9 Å². The molecule has 1 N–H and O–H groups in total. The van der Waals surface area contributed by atoms with Crippen molar-refractivity contribution in [2.45, 2.75) is 89.5 Å². The zero-order valence-corrected chi connectivity index (χ0v) is 17.0. The average molecular weight is 345 g/mol. The van der Waals surface area contributed by atoms with E-state index in [1.165, 1.54) is 0 Å². The molecule has 1 aliphatic carbocycles. The van der Waals surface area contributed by atoms with E-state index in [4.69, 9.17) is 13.9 Å². The van der Waals surface area contributed by atoms with E-state index < -0.39 is 8.32 Å². The molecule has 1 heterocycles. The third-order valence-electron chi connectivity index (χ3n) is 6.29. The highest BCUT2D eigenvalue weighted by Crippen LogP contribution is 2.41. The summed E-state index contributed by atoms with van der Waals surface area (Å²) in [6, 6.07) is 0. The molecule has 1 saturated heterocycles. The molecule has 0 aromatic carbocycles. The maximum atomic E-state index is 10.6. The van der Waals surface area contributed by atoms with Gasteiger partial charge in [-0.05, 0) is 43.3 Å². The molecule has 5 heteroatoms. The quantitative estimate of drug-likeness (QED) is 0.591. The second-order valence-corrected chi connectivity index (χ2v) is 13.7. The zero-order chi connectivity index (χ0) is 17.4. The monoisotopic (exact) mass is 344 g/mol. The lowest BCUT2D eigenvalue weighted by atomic mass is 9.78. The first-order valence-corrected chi connectivity index (χ1v) is 12.0. The first-order valence-electron chi connectivity index (χ1n) is 9.07. The lowest BCUT2D eigenvalue weighted by molar-refractivity contribution is -0.0732. The van der Waals surface area contributed by atoms with Gasteiger partial charge in [-0.1, -0.05) is 27.7 Å². The number of aliphatic hydroxyl groups is 1. The van der Waals surface area contributed by atoms with Crippen LogP contribution in [0, 0.1) is 11.8 Å². The van der Waals surface area contributed by atoms with Gasteiger partial charge in [0, 0.05) is 13.0 Å². The van der Waals surface area contributed by atoms with Crippen LogP contribution in [-0.4, -0.2) is 51.6 Å². The van der Waals surface area contributed by atoms with Crippen LogP contribution in [0.5, 0.6) is 0 Å². The Labute approximate surface area is 143 Å². The molecule has 0 amide bonds. The zero-order valence-electron chi connectivity index (χ0n) is 16.0. The van der Waals surface area contributed by atoms with Gasteiger partial charge in [0.1, 0.15) is 0 Å². The molecule has 1 saturated carbocycles. The van der Waals surface area contributed by atoms with E-state index in [1.807, 2.05) is 0 Å². The summed E-state index contributed by atoms with van der Waals surface area (Å²) in [7, 11) is -0.0191.